The van der Waals surface area contributed by atoms with Crippen LogP contribution in [-0.2, 0) is 17.5 Å². The Hall–Kier alpha value is -3.03. The molecule has 0 spiro atoms. The maximum absolute atomic E-state index is 13.5. The van der Waals surface area contributed by atoms with Crippen molar-refractivity contribution in [3.8, 4) is 5.75 Å². The number of hydrogen-bond donors (Lipinski definition) is 0. The molecule has 152 valence electrons. The molecule has 1 aromatic heterocycles. The zero-order valence-electron chi connectivity index (χ0n) is 15.8. The molecule has 29 heavy (non-hydrogen) atoms. The third-order valence-corrected chi connectivity index (χ3v) is 5.28. The summed E-state index contributed by atoms with van der Waals surface area (Å²) in [5.74, 6) is -0.687. The molecule has 2 heterocycles. The monoisotopic (exact) mass is 403 g/mol. The number of benzene rings is 2. The fourth-order valence-electron chi connectivity index (χ4n) is 3.92. The van der Waals surface area contributed by atoms with Gasteiger partial charge in [0.1, 0.15) is 12.3 Å². The topological polar surface area (TPSA) is 47.4 Å². The van der Waals surface area contributed by atoms with E-state index in [1.165, 1.54) is 6.07 Å². The van der Waals surface area contributed by atoms with Gasteiger partial charge >= 0.3 is 6.18 Å². The van der Waals surface area contributed by atoms with Gasteiger partial charge in [-0.2, -0.15) is 13.2 Å². The Bertz CT molecular complexity index is 1030. The number of carbonyl (C=O) groups excluding carboxylic acids is 1. The molecule has 0 radical (unpaired) electrons. The van der Waals surface area contributed by atoms with Gasteiger partial charge in [0.25, 0.3) is 0 Å². The molecule has 1 aliphatic rings. The number of nitrogens with zero attached hydrogens (tertiary/aromatic N) is 3. The van der Waals surface area contributed by atoms with Gasteiger partial charge in [0.2, 0.25) is 11.7 Å². The van der Waals surface area contributed by atoms with Crippen LogP contribution in [0.4, 0.5) is 13.2 Å². The van der Waals surface area contributed by atoms with Crippen molar-refractivity contribution >= 4 is 16.9 Å². The summed E-state index contributed by atoms with van der Waals surface area (Å²) in [7, 11) is 1.58. The SMILES string of the molecule is COc1ccc([C@@H]2CCCN2C(=O)Cn2c(C(F)(F)F)nc3ccccc32)cc1. The molecule has 4 rings (SSSR count). The summed E-state index contributed by atoms with van der Waals surface area (Å²) in [4.78, 5) is 18.4. The highest BCUT2D eigenvalue weighted by Crippen LogP contribution is 2.35. The van der Waals surface area contributed by atoms with Crippen LogP contribution in [0.1, 0.15) is 30.3 Å². The van der Waals surface area contributed by atoms with E-state index >= 15 is 0 Å². The number of rotatable bonds is 4. The molecular formula is C21H20F3N3O2. The Labute approximate surface area is 165 Å². The first-order chi connectivity index (χ1) is 13.9. The lowest BCUT2D eigenvalue weighted by Gasteiger charge is -2.26. The lowest BCUT2D eigenvalue weighted by atomic mass is 10.0. The van der Waals surface area contributed by atoms with E-state index in [1.807, 2.05) is 24.3 Å². The van der Waals surface area contributed by atoms with Gasteiger partial charge in [-0.05, 0) is 42.7 Å². The van der Waals surface area contributed by atoms with E-state index in [0.717, 1.165) is 23.0 Å². The molecule has 1 amide bonds. The maximum atomic E-state index is 13.5. The number of hydrogen-bond acceptors (Lipinski definition) is 3. The number of imidazole rings is 1. The van der Waals surface area contributed by atoms with Gasteiger partial charge in [-0.3, -0.25) is 4.79 Å². The highest BCUT2D eigenvalue weighted by Gasteiger charge is 2.39. The predicted octanol–water partition coefficient (Wildman–Crippen LogP) is 4.43. The molecular weight excluding hydrogens is 383 g/mol. The lowest BCUT2D eigenvalue weighted by molar-refractivity contribution is -0.148. The minimum atomic E-state index is -4.64. The Morgan fingerprint density at radius 1 is 1.17 bits per heavy atom. The number of alkyl halides is 3. The molecule has 1 fully saturated rings. The van der Waals surface area contributed by atoms with E-state index in [0.29, 0.717) is 17.8 Å². The van der Waals surface area contributed by atoms with E-state index in [9.17, 15) is 18.0 Å². The third-order valence-electron chi connectivity index (χ3n) is 5.28. The van der Waals surface area contributed by atoms with Crippen LogP contribution in [0.3, 0.4) is 0 Å². The van der Waals surface area contributed by atoms with Crippen LogP contribution >= 0.6 is 0 Å². The number of para-hydroxylation sites is 2. The Morgan fingerprint density at radius 3 is 2.59 bits per heavy atom. The standard InChI is InChI=1S/C21H20F3N3O2/c1-29-15-10-8-14(9-11-15)17-7-4-12-26(17)19(28)13-27-18-6-3-2-5-16(18)25-20(27)21(22,23)24/h2-3,5-6,8-11,17H,4,7,12-13H2,1H3/t17-/m0/s1. The molecule has 1 aliphatic heterocycles. The summed E-state index contributed by atoms with van der Waals surface area (Å²) in [6.07, 6.45) is -3.06. The smallest absolute Gasteiger partial charge is 0.449 e. The van der Waals surface area contributed by atoms with Crippen molar-refractivity contribution in [3.05, 3.63) is 59.9 Å². The normalized spacial score (nSPS) is 17.1. The molecule has 0 aliphatic carbocycles. The molecule has 8 heteroatoms. The van der Waals surface area contributed by atoms with E-state index in [2.05, 4.69) is 4.98 Å². The van der Waals surface area contributed by atoms with Gasteiger partial charge in [0.15, 0.2) is 0 Å². The molecule has 0 N–H and O–H groups in total. The second-order valence-electron chi connectivity index (χ2n) is 7.03. The summed E-state index contributed by atoms with van der Waals surface area (Å²) < 4.78 is 46.7. The minimum absolute atomic E-state index is 0.155. The van der Waals surface area contributed by atoms with Gasteiger partial charge in [0.05, 0.1) is 24.2 Å². The summed E-state index contributed by atoms with van der Waals surface area (Å²) in [5, 5.41) is 0. The number of likely N-dealkylation sites (tertiary alicyclic amines) is 1. The van der Waals surface area contributed by atoms with Crippen LogP contribution in [0.25, 0.3) is 11.0 Å². The van der Waals surface area contributed by atoms with Crippen LogP contribution in [-0.4, -0.2) is 34.0 Å². The average molecular weight is 403 g/mol. The summed E-state index contributed by atoms with van der Waals surface area (Å²) in [5.41, 5.74) is 1.47. The number of amides is 1. The van der Waals surface area contributed by atoms with Crippen molar-refractivity contribution in [2.45, 2.75) is 31.6 Å². The van der Waals surface area contributed by atoms with Gasteiger partial charge in [-0.1, -0.05) is 24.3 Å². The van der Waals surface area contributed by atoms with Crippen molar-refractivity contribution < 1.29 is 22.7 Å². The van der Waals surface area contributed by atoms with Crippen LogP contribution in [0.15, 0.2) is 48.5 Å². The zero-order valence-corrected chi connectivity index (χ0v) is 15.8. The third kappa shape index (κ3) is 3.66. The largest absolute Gasteiger partial charge is 0.497 e. The summed E-state index contributed by atoms with van der Waals surface area (Å²) >= 11 is 0. The fraction of sp³-hybridized carbons (Fsp3) is 0.333. The van der Waals surface area contributed by atoms with Crippen LogP contribution in [0.2, 0.25) is 0 Å². The molecule has 3 aromatic rings. The van der Waals surface area contributed by atoms with E-state index < -0.39 is 18.5 Å². The molecule has 0 unspecified atom stereocenters. The van der Waals surface area contributed by atoms with E-state index in [-0.39, 0.29) is 17.5 Å². The summed E-state index contributed by atoms with van der Waals surface area (Å²) in [6, 6.07) is 13.6. The van der Waals surface area contributed by atoms with Crippen molar-refractivity contribution in [3.63, 3.8) is 0 Å². The molecule has 5 nitrogen and oxygen atoms in total. The van der Waals surface area contributed by atoms with Crippen molar-refractivity contribution in [2.75, 3.05) is 13.7 Å². The first kappa shape index (κ1) is 19.3. The van der Waals surface area contributed by atoms with Gasteiger partial charge in [-0.25, -0.2) is 4.98 Å². The molecule has 0 saturated carbocycles. The molecule has 1 saturated heterocycles. The first-order valence-corrected chi connectivity index (χ1v) is 9.34. The number of fused-ring (bicyclic) bond motifs is 1. The Morgan fingerprint density at radius 2 is 1.90 bits per heavy atom. The number of halogens is 3. The lowest BCUT2D eigenvalue weighted by Crippen LogP contribution is -2.34. The second kappa shape index (κ2) is 7.42. The van der Waals surface area contributed by atoms with Crippen molar-refractivity contribution in [2.24, 2.45) is 0 Å². The van der Waals surface area contributed by atoms with Gasteiger partial charge in [-0.15, -0.1) is 0 Å². The summed E-state index contributed by atoms with van der Waals surface area (Å²) in [6.45, 7) is 0.117. The number of ether oxygens (including phenoxy) is 1. The first-order valence-electron chi connectivity index (χ1n) is 9.34. The van der Waals surface area contributed by atoms with Crippen molar-refractivity contribution in [1.82, 2.24) is 14.5 Å². The minimum Gasteiger partial charge on any atom is -0.497 e. The van der Waals surface area contributed by atoms with Gasteiger partial charge in [0, 0.05) is 6.54 Å². The highest BCUT2D eigenvalue weighted by molar-refractivity contribution is 5.81. The molecule has 2 aromatic carbocycles. The van der Waals surface area contributed by atoms with E-state index in [4.69, 9.17) is 4.74 Å². The molecule has 1 atom stereocenters. The number of methoxy groups -OCH3 is 1. The van der Waals surface area contributed by atoms with Crippen LogP contribution in [0.5, 0.6) is 5.75 Å². The second-order valence-corrected chi connectivity index (χ2v) is 7.03. The Kier molecular flexibility index (Phi) is 4.94. The fourth-order valence-corrected chi connectivity index (χ4v) is 3.92. The van der Waals surface area contributed by atoms with Crippen molar-refractivity contribution in [1.29, 1.82) is 0 Å². The predicted molar refractivity (Wildman–Crippen MR) is 101 cm³/mol. The average Bonchev–Trinajstić information content (AvgIpc) is 3.33. The van der Waals surface area contributed by atoms with Crippen LogP contribution < -0.4 is 4.74 Å². The maximum Gasteiger partial charge on any atom is 0.449 e. The number of aromatic nitrogens is 2. The number of carbonyl (C=O) groups is 1. The Balaban J connectivity index is 1.63. The zero-order chi connectivity index (χ0) is 20.6. The quantitative estimate of drug-likeness (QED) is 0.648. The van der Waals surface area contributed by atoms with Gasteiger partial charge < -0.3 is 14.2 Å². The molecule has 0 bridgehead atoms. The highest BCUT2D eigenvalue weighted by atomic mass is 19.4. The van der Waals surface area contributed by atoms with Crippen LogP contribution in [0, 0.1) is 0 Å². The van der Waals surface area contributed by atoms with E-state index in [1.54, 1.807) is 30.2 Å².